The number of rotatable bonds is 7. The number of esters is 1. The molecule has 0 radical (unpaired) electrons. The fraction of sp³-hybridized carbons (Fsp3) is 0.857. The molecule has 1 amide bonds. The molecule has 4 N–H and O–H groups in total. The number of carbonyl (C=O) groups is 3. The summed E-state index contributed by atoms with van der Waals surface area (Å²) >= 11 is 0. The summed E-state index contributed by atoms with van der Waals surface area (Å²) in [7, 11) is 2.07. The summed E-state index contributed by atoms with van der Waals surface area (Å²) in [5.41, 5.74) is 0.946. The number of ether oxygens (including phenoxy) is 1. The van der Waals surface area contributed by atoms with E-state index < -0.39 is 11.0 Å². The van der Waals surface area contributed by atoms with Crippen LogP contribution in [0.1, 0.15) is 146 Å². The molecule has 0 aromatic rings. The first-order valence-electron chi connectivity index (χ1n) is 19.7. The molecule has 6 aliphatic rings. The van der Waals surface area contributed by atoms with Crippen LogP contribution in [-0.2, 0) is 29.4 Å². The molecule has 0 aromatic heterocycles. The number of nitrogens with one attached hydrogen (secondary N) is 1. The Labute approximate surface area is 330 Å². The number of carbonyl (C=O) groups excluding carboxylic acids is 4. The van der Waals surface area contributed by atoms with E-state index in [1.165, 1.54) is 5.57 Å². The predicted octanol–water partition coefficient (Wildman–Crippen LogP) is 3.84. The van der Waals surface area contributed by atoms with Crippen molar-refractivity contribution in [1.29, 1.82) is 0 Å². The summed E-state index contributed by atoms with van der Waals surface area (Å²) in [5.74, 6) is 1.42. The summed E-state index contributed by atoms with van der Waals surface area (Å²) in [6, 6.07) is -0.119. The van der Waals surface area contributed by atoms with Crippen molar-refractivity contribution in [1.82, 2.24) is 10.2 Å². The van der Waals surface area contributed by atoms with Crippen LogP contribution in [0.25, 0.3) is 0 Å². The Hall–Kier alpha value is -1.06. The number of hydrogen-bond donors (Lipinski definition) is 1. The molecule has 9 heteroatoms. The van der Waals surface area contributed by atoms with E-state index in [-0.39, 0.29) is 105 Å². The second-order valence-corrected chi connectivity index (χ2v) is 19.8. The molecular formula is C42H68N2NaO6+. The predicted molar refractivity (Wildman–Crippen MR) is 197 cm³/mol. The van der Waals surface area contributed by atoms with Gasteiger partial charge in [0.1, 0.15) is 6.10 Å². The van der Waals surface area contributed by atoms with Gasteiger partial charge in [-0.25, -0.2) is 0 Å². The van der Waals surface area contributed by atoms with E-state index in [1.54, 1.807) is 13.8 Å². The molecule has 6 rings (SSSR count). The van der Waals surface area contributed by atoms with Crippen LogP contribution in [0.15, 0.2) is 11.1 Å². The van der Waals surface area contributed by atoms with Gasteiger partial charge < -0.3 is 20.3 Å². The first-order chi connectivity index (χ1) is 22.8. The van der Waals surface area contributed by atoms with Gasteiger partial charge in [0.05, 0.1) is 11.6 Å². The molecule has 4 saturated carbocycles. The maximum atomic E-state index is 14.0. The standard InChI is InChI=1S/C42H65N2O5.Na.H2O/c1-26(2)34-29(46)23-42(43-36(48)28-13-11-12-22-44(28)10)21-20-40(8)27(35(34)42)14-15-31-39(7)18-17-32(49-33(47)24-37(3,4)25-45)38(5,6)30(39)16-19-41(31,40)9;;/h26-28,30-32H,11-24H2,1-10H3,(H,43,48);;1H2/q-1;+1;/p+1/t27-,28-,30+,31-,32+,39+,40-,41-,42-;;/m1../s1. The molecule has 0 spiro atoms. The quantitative estimate of drug-likeness (QED) is 0.185. The average Bonchev–Trinajstić information content (AvgIpc) is 3.30. The first-order valence-corrected chi connectivity index (χ1v) is 19.7. The summed E-state index contributed by atoms with van der Waals surface area (Å²) in [5, 5.41) is 3.62. The summed E-state index contributed by atoms with van der Waals surface area (Å²) in [6.45, 7) is 21.1. The second-order valence-electron chi connectivity index (χ2n) is 19.8. The Morgan fingerprint density at radius 3 is 2.25 bits per heavy atom. The van der Waals surface area contributed by atoms with E-state index >= 15 is 0 Å². The summed E-state index contributed by atoms with van der Waals surface area (Å²) in [6.07, 6.45) is 13.5. The Morgan fingerprint density at radius 1 is 0.941 bits per heavy atom. The number of likely N-dealkylation sites (N-methyl/N-ethyl adjacent to an activating group) is 1. The normalized spacial score (nSPS) is 40.5. The van der Waals surface area contributed by atoms with Crippen LogP contribution in [0, 0.1) is 50.7 Å². The number of allylic oxidation sites excluding steroid dienone is 1. The molecular weight excluding hydrogens is 651 g/mol. The third-order valence-corrected chi connectivity index (χ3v) is 15.9. The van der Waals surface area contributed by atoms with Gasteiger partial charge in [-0.2, -0.15) is 0 Å². The van der Waals surface area contributed by atoms with Gasteiger partial charge in [-0.15, -0.1) is 5.41 Å². The van der Waals surface area contributed by atoms with Crippen molar-refractivity contribution in [3.05, 3.63) is 11.1 Å². The monoisotopic (exact) mass is 719 g/mol. The molecule has 1 heterocycles. The molecule has 0 unspecified atom stereocenters. The number of Topliss-reactive ketones (excluding diaryl/α,β-unsaturated/α-hetero) is 1. The van der Waals surface area contributed by atoms with Crippen LogP contribution in [0.3, 0.4) is 0 Å². The molecule has 5 aliphatic carbocycles. The van der Waals surface area contributed by atoms with Crippen LogP contribution in [0.5, 0.6) is 0 Å². The number of fused-ring (bicyclic) bond motifs is 7. The molecule has 1 aliphatic heterocycles. The van der Waals surface area contributed by atoms with Crippen molar-refractivity contribution in [2.75, 3.05) is 13.6 Å². The minimum absolute atomic E-state index is 0. The van der Waals surface area contributed by atoms with Gasteiger partial charge >= 0.3 is 35.5 Å². The summed E-state index contributed by atoms with van der Waals surface area (Å²) < 4.78 is 6.20. The fourth-order valence-corrected chi connectivity index (χ4v) is 13.3. The summed E-state index contributed by atoms with van der Waals surface area (Å²) in [4.78, 5) is 54.6. The van der Waals surface area contributed by atoms with Gasteiger partial charge in [0.15, 0.2) is 5.78 Å². The zero-order chi connectivity index (χ0) is 35.9. The average molecular weight is 720 g/mol. The Morgan fingerprint density at radius 2 is 1.63 bits per heavy atom. The maximum absolute atomic E-state index is 14.0. The van der Waals surface area contributed by atoms with Crippen LogP contribution in [0.4, 0.5) is 0 Å². The topological polar surface area (TPSA) is 126 Å². The molecule has 51 heavy (non-hydrogen) atoms. The Kier molecular flexibility index (Phi) is 12.2. The molecule has 1 saturated heterocycles. The third-order valence-electron chi connectivity index (χ3n) is 15.9. The van der Waals surface area contributed by atoms with E-state index in [9.17, 15) is 19.2 Å². The minimum atomic E-state index is -0.841. The van der Waals surface area contributed by atoms with Crippen molar-refractivity contribution >= 4 is 23.9 Å². The third kappa shape index (κ3) is 6.69. The van der Waals surface area contributed by atoms with Gasteiger partial charge in [-0.1, -0.05) is 68.7 Å². The van der Waals surface area contributed by atoms with Gasteiger partial charge in [-0.3, -0.25) is 25.6 Å². The van der Waals surface area contributed by atoms with E-state index in [4.69, 9.17) is 4.74 Å². The molecule has 5 fully saturated rings. The van der Waals surface area contributed by atoms with Crippen molar-refractivity contribution in [2.24, 2.45) is 50.7 Å². The molecule has 8 nitrogen and oxygen atoms in total. The second kappa shape index (κ2) is 14.5. The van der Waals surface area contributed by atoms with Crippen LogP contribution in [0.2, 0.25) is 0 Å². The smallest absolute Gasteiger partial charge is 0.541 e. The van der Waals surface area contributed by atoms with Gasteiger partial charge in [0, 0.05) is 18.3 Å². The Bertz CT molecular complexity index is 1420. The number of piperidine rings is 1. The maximum Gasteiger partial charge on any atom is 1.00 e. The van der Waals surface area contributed by atoms with E-state index in [1.807, 2.05) is 6.29 Å². The number of ketones is 1. The van der Waals surface area contributed by atoms with Crippen LogP contribution < -0.4 is 34.9 Å². The van der Waals surface area contributed by atoms with E-state index in [0.29, 0.717) is 18.3 Å². The molecule has 9 atom stereocenters. The molecule has 0 aromatic carbocycles. The minimum Gasteiger partial charge on any atom is -0.541 e. The van der Waals surface area contributed by atoms with Crippen molar-refractivity contribution in [3.8, 4) is 0 Å². The van der Waals surface area contributed by atoms with Crippen LogP contribution in [-0.4, -0.2) is 60.1 Å². The largest absolute Gasteiger partial charge is 1.00 e. The molecule has 282 valence electrons. The van der Waals surface area contributed by atoms with E-state index in [0.717, 1.165) is 82.7 Å². The SMILES string of the molecule is CC(C)C1=C2[C@H]3CC[C@@H]4[C@@]5(C)CC[C@H](OC(=O)CC(C)(C)[C-]=O)C(C)(C)[C@@H]5CC[C@@]4(C)[C@]3(C)CC[C@@]2(NC(=O)[C@H]2CCCCN2C)CC1=O.[Na+].[OH3+]. The van der Waals surface area contributed by atoms with Gasteiger partial charge in [-0.05, 0) is 129 Å². The molecule has 0 bridgehead atoms. The zero-order valence-corrected chi connectivity index (χ0v) is 35.9. The Balaban J connectivity index is 0.00000292. The first kappa shape index (κ1) is 42.7. The number of nitrogens with zero attached hydrogens (tertiary/aromatic N) is 1. The van der Waals surface area contributed by atoms with Crippen molar-refractivity contribution < 1.29 is 58.9 Å². The number of hydrogen-bond acceptors (Lipinski definition) is 6. The zero-order valence-electron chi connectivity index (χ0n) is 33.9. The van der Waals surface area contributed by atoms with E-state index in [2.05, 4.69) is 65.7 Å². The van der Waals surface area contributed by atoms with Crippen LogP contribution >= 0.6 is 0 Å². The van der Waals surface area contributed by atoms with Crippen molar-refractivity contribution in [2.45, 2.75) is 163 Å². The van der Waals surface area contributed by atoms with Gasteiger partial charge in [0.2, 0.25) is 5.91 Å². The number of amides is 1. The fourth-order valence-electron chi connectivity index (χ4n) is 13.3. The number of likely N-dealkylation sites (tertiary alicyclic amines) is 1. The van der Waals surface area contributed by atoms with Gasteiger partial charge in [0.25, 0.3) is 0 Å². The van der Waals surface area contributed by atoms with Crippen molar-refractivity contribution in [3.63, 3.8) is 0 Å².